The van der Waals surface area contributed by atoms with Crippen LogP contribution in [0.15, 0.2) is 76.7 Å². The van der Waals surface area contributed by atoms with Gasteiger partial charge in [-0.3, -0.25) is 9.59 Å². The summed E-state index contributed by atoms with van der Waals surface area (Å²) in [6.07, 6.45) is 7.31. The quantitative estimate of drug-likeness (QED) is 0.0728. The van der Waals surface area contributed by atoms with E-state index in [1.54, 1.807) is 48.5 Å². The van der Waals surface area contributed by atoms with Gasteiger partial charge in [-0.25, -0.2) is 0 Å². The fourth-order valence-electron chi connectivity index (χ4n) is 3.55. The van der Waals surface area contributed by atoms with E-state index in [1.807, 2.05) is 6.07 Å². The van der Waals surface area contributed by atoms with Crippen molar-refractivity contribution >= 4 is 37.5 Å². The van der Waals surface area contributed by atoms with Gasteiger partial charge in [0.2, 0.25) is 0 Å². The van der Waals surface area contributed by atoms with Crippen molar-refractivity contribution in [2.75, 3.05) is 13.2 Å². The van der Waals surface area contributed by atoms with Crippen molar-refractivity contribution < 1.29 is 23.4 Å². The van der Waals surface area contributed by atoms with E-state index >= 15 is 0 Å². The number of furan rings is 1. The Bertz CT molecular complexity index is 1320. The van der Waals surface area contributed by atoms with E-state index in [-0.39, 0.29) is 11.4 Å². The van der Waals surface area contributed by atoms with Gasteiger partial charge in [-0.2, -0.15) is 0 Å². The first-order valence-corrected chi connectivity index (χ1v) is 12.1. The molecule has 0 atom stereocenters. The Morgan fingerprint density at radius 1 is 0.971 bits per heavy atom. The highest BCUT2D eigenvalue weighted by atomic mass is 32.1. The first-order chi connectivity index (χ1) is 16.6. The van der Waals surface area contributed by atoms with Crippen LogP contribution in [0.4, 0.5) is 0 Å². The van der Waals surface area contributed by atoms with Crippen LogP contribution in [-0.2, 0) is 9.53 Å². The molecular formula is C27H26O6S. The highest BCUT2D eigenvalue weighted by Crippen LogP contribution is 2.31. The second kappa shape index (κ2) is 11.6. The Kier molecular flexibility index (Phi) is 8.12. The Balaban J connectivity index is 1.39. The molecule has 0 amide bonds. The lowest BCUT2D eigenvalue weighted by Gasteiger charge is -2.07. The minimum absolute atomic E-state index is 0.0664. The van der Waals surface area contributed by atoms with Crippen LogP contribution in [0.25, 0.3) is 20.2 Å². The maximum absolute atomic E-state index is 13.0. The van der Waals surface area contributed by atoms with E-state index in [0.29, 0.717) is 47.9 Å². The molecule has 0 bridgehead atoms. The van der Waals surface area contributed by atoms with Crippen molar-refractivity contribution in [2.24, 2.45) is 0 Å². The number of benzene rings is 2. The van der Waals surface area contributed by atoms with Crippen molar-refractivity contribution in [3.63, 3.8) is 0 Å². The Labute approximate surface area is 201 Å². The van der Waals surface area contributed by atoms with Gasteiger partial charge in [-0.1, -0.05) is 18.9 Å². The molecule has 0 fully saturated rings. The highest BCUT2D eigenvalue weighted by Gasteiger charge is 2.11. The molecule has 0 radical (unpaired) electrons. The molecule has 0 aliphatic rings. The lowest BCUT2D eigenvalue weighted by Crippen LogP contribution is -2.08. The third-order valence-electron chi connectivity index (χ3n) is 5.22. The minimum Gasteiger partial charge on any atom is -0.434 e. The first kappa shape index (κ1) is 23.7. The lowest BCUT2D eigenvalue weighted by molar-refractivity contribution is -0.134. The lowest BCUT2D eigenvalue weighted by atomic mass is 10.1. The second-order valence-corrected chi connectivity index (χ2v) is 8.87. The third kappa shape index (κ3) is 6.12. The average molecular weight is 479 g/mol. The minimum atomic E-state index is -0.274. The van der Waals surface area contributed by atoms with E-state index < -0.39 is 0 Å². The first-order valence-electron chi connectivity index (χ1n) is 11.3. The van der Waals surface area contributed by atoms with Crippen LogP contribution < -0.4 is 14.9 Å². The van der Waals surface area contributed by atoms with Gasteiger partial charge in [0.25, 0.3) is 5.95 Å². The van der Waals surface area contributed by atoms with E-state index in [9.17, 15) is 9.59 Å². The summed E-state index contributed by atoms with van der Waals surface area (Å²) < 4.78 is 23.3. The molecule has 0 N–H and O–H groups in total. The summed E-state index contributed by atoms with van der Waals surface area (Å²) in [5.41, 5.74) is -0.0664. The summed E-state index contributed by atoms with van der Waals surface area (Å²) in [7, 11) is 0. The zero-order valence-electron chi connectivity index (χ0n) is 18.8. The number of hydrogen-bond donors (Lipinski definition) is 0. The average Bonchev–Trinajstić information content (AvgIpc) is 3.34. The molecule has 0 aliphatic heterocycles. The molecule has 0 saturated carbocycles. The number of carbonyl (C=O) groups is 1. The smallest absolute Gasteiger partial charge is 0.311 e. The van der Waals surface area contributed by atoms with Crippen LogP contribution in [0.2, 0.25) is 0 Å². The van der Waals surface area contributed by atoms with Crippen LogP contribution in [0, 0.1) is 0 Å². The van der Waals surface area contributed by atoms with E-state index in [2.05, 4.69) is 6.58 Å². The third-order valence-corrected chi connectivity index (χ3v) is 6.33. The van der Waals surface area contributed by atoms with Crippen molar-refractivity contribution in [1.29, 1.82) is 0 Å². The van der Waals surface area contributed by atoms with Gasteiger partial charge in [0, 0.05) is 39.3 Å². The van der Waals surface area contributed by atoms with Crippen LogP contribution >= 0.6 is 11.3 Å². The molecule has 0 aliphatic carbocycles. The fraction of sp³-hybridized carbons (Fsp3) is 0.259. The Morgan fingerprint density at radius 3 is 2.44 bits per heavy atom. The summed E-state index contributed by atoms with van der Waals surface area (Å²) in [6.45, 7) is 4.89. The van der Waals surface area contributed by atoms with E-state index in [4.69, 9.17) is 18.6 Å². The number of unbranched alkanes of at least 4 members (excludes halogenated alkanes) is 3. The number of carbonyl (C=O) groups excluding carboxylic acids is 1. The van der Waals surface area contributed by atoms with Crippen molar-refractivity contribution in [3.8, 4) is 17.4 Å². The molecule has 0 saturated heterocycles. The Hall–Kier alpha value is -3.42. The van der Waals surface area contributed by atoms with Crippen LogP contribution in [0.1, 0.15) is 32.1 Å². The van der Waals surface area contributed by atoms with Crippen LogP contribution in [-0.4, -0.2) is 19.2 Å². The fourth-order valence-corrected chi connectivity index (χ4v) is 4.68. The largest absolute Gasteiger partial charge is 0.434 e. The molecule has 34 heavy (non-hydrogen) atoms. The molecule has 7 heteroatoms. The topological polar surface area (TPSA) is 75.0 Å². The zero-order valence-corrected chi connectivity index (χ0v) is 19.6. The molecule has 4 aromatic rings. The number of hydrogen-bond acceptors (Lipinski definition) is 7. The maximum Gasteiger partial charge on any atom is 0.311 e. The standard InChI is InChI=1S/C27H26O6S/c1-2-14-30-15-6-4-3-5-8-25(28)32-19-10-12-21-23(17-19)34-24-18-20(11-13-22(24)27(21)29)33-26-9-7-16-31-26/h2,7,9-13,16-18H,1,3-6,8,14-15H2. The van der Waals surface area contributed by atoms with Gasteiger partial charge in [-0.05, 0) is 55.3 Å². The van der Waals surface area contributed by atoms with Gasteiger partial charge in [-0.15, -0.1) is 17.9 Å². The number of ether oxygens (including phenoxy) is 3. The molecule has 2 aromatic carbocycles. The Morgan fingerprint density at radius 2 is 1.71 bits per heavy atom. The van der Waals surface area contributed by atoms with Gasteiger partial charge >= 0.3 is 5.97 Å². The van der Waals surface area contributed by atoms with Gasteiger partial charge in [0.05, 0.1) is 12.9 Å². The van der Waals surface area contributed by atoms with Gasteiger partial charge < -0.3 is 18.6 Å². The predicted molar refractivity (Wildman–Crippen MR) is 134 cm³/mol. The van der Waals surface area contributed by atoms with Gasteiger partial charge in [0.15, 0.2) is 5.43 Å². The summed E-state index contributed by atoms with van der Waals surface area (Å²) in [5.74, 6) is 1.12. The highest BCUT2D eigenvalue weighted by molar-refractivity contribution is 7.24. The molecule has 4 rings (SSSR count). The van der Waals surface area contributed by atoms with E-state index in [1.165, 1.54) is 17.6 Å². The molecular weight excluding hydrogens is 452 g/mol. The maximum atomic E-state index is 13.0. The van der Waals surface area contributed by atoms with Crippen LogP contribution in [0.3, 0.4) is 0 Å². The molecule has 2 heterocycles. The van der Waals surface area contributed by atoms with Crippen molar-refractivity contribution in [3.05, 3.63) is 77.7 Å². The van der Waals surface area contributed by atoms with Crippen molar-refractivity contribution in [1.82, 2.24) is 0 Å². The van der Waals surface area contributed by atoms with E-state index in [0.717, 1.165) is 35.1 Å². The van der Waals surface area contributed by atoms with Crippen LogP contribution in [0.5, 0.6) is 17.4 Å². The van der Waals surface area contributed by atoms with Gasteiger partial charge in [0.1, 0.15) is 11.5 Å². The number of fused-ring (bicyclic) bond motifs is 2. The molecule has 0 unspecified atom stereocenters. The summed E-state index contributed by atoms with van der Waals surface area (Å²) in [4.78, 5) is 25.2. The molecule has 6 nitrogen and oxygen atoms in total. The second-order valence-electron chi connectivity index (χ2n) is 7.78. The summed E-state index contributed by atoms with van der Waals surface area (Å²) in [6, 6.07) is 13.9. The zero-order chi connectivity index (χ0) is 23.8. The normalized spacial score (nSPS) is 11.1. The predicted octanol–water partition coefficient (Wildman–Crippen LogP) is 6.86. The SMILES string of the molecule is C=CCOCCCCCCC(=O)Oc1ccc2c(=O)c3ccc(Oc4ccco4)cc3sc2c1. The monoisotopic (exact) mass is 478 g/mol. The summed E-state index contributed by atoms with van der Waals surface area (Å²) >= 11 is 1.45. The molecule has 0 spiro atoms. The number of rotatable bonds is 12. The number of esters is 1. The molecule has 176 valence electrons. The molecule has 2 aromatic heterocycles. The van der Waals surface area contributed by atoms with Crippen molar-refractivity contribution in [2.45, 2.75) is 32.1 Å². The summed E-state index contributed by atoms with van der Waals surface area (Å²) in [5, 5.41) is 1.21.